The van der Waals surface area contributed by atoms with Gasteiger partial charge in [0.25, 0.3) is 0 Å². The molecule has 2 nitrogen and oxygen atoms in total. The Kier molecular flexibility index (Phi) is 1.60. The summed E-state index contributed by atoms with van der Waals surface area (Å²) >= 11 is 0. The van der Waals surface area contributed by atoms with Crippen LogP contribution in [-0.2, 0) is 6.42 Å². The van der Waals surface area contributed by atoms with Gasteiger partial charge in [-0.05, 0) is 35.7 Å². The summed E-state index contributed by atoms with van der Waals surface area (Å²) in [6.45, 7) is 1.06. The number of rotatable bonds is 1. The molecule has 1 aliphatic heterocycles. The Morgan fingerprint density at radius 1 is 1.14 bits per heavy atom. The molecule has 1 aromatic carbocycles. The minimum atomic E-state index is 1.06. The zero-order chi connectivity index (χ0) is 9.38. The molecule has 0 fully saturated rings. The lowest BCUT2D eigenvalue weighted by Gasteiger charge is -2.01. The zero-order valence-corrected chi connectivity index (χ0v) is 7.79. The maximum Gasteiger partial charge on any atom is 0.0980 e. The zero-order valence-electron chi connectivity index (χ0n) is 7.79. The van der Waals surface area contributed by atoms with Crippen LogP contribution in [0.1, 0.15) is 5.56 Å². The molecule has 70 valence electrons. The summed E-state index contributed by atoms with van der Waals surface area (Å²) < 4.78 is 5.07. The molecule has 0 aliphatic carbocycles. The fourth-order valence-electron chi connectivity index (χ4n) is 1.91. The van der Waals surface area contributed by atoms with Gasteiger partial charge < -0.3 is 9.73 Å². The normalized spacial score (nSPS) is 13.7. The van der Waals surface area contributed by atoms with Crippen molar-refractivity contribution in [3.63, 3.8) is 0 Å². The summed E-state index contributed by atoms with van der Waals surface area (Å²) in [5.41, 5.74) is 5.07. The van der Waals surface area contributed by atoms with Gasteiger partial charge in [0.05, 0.1) is 12.5 Å². The third kappa shape index (κ3) is 1.11. The third-order valence-corrected chi connectivity index (χ3v) is 2.67. The molecule has 0 spiro atoms. The number of benzene rings is 1. The lowest BCUT2D eigenvalue weighted by Crippen LogP contribution is -1.90. The Balaban J connectivity index is 2.09. The second-order valence-electron chi connectivity index (χ2n) is 3.56. The minimum absolute atomic E-state index is 1.06. The first kappa shape index (κ1) is 7.68. The number of nitrogens with one attached hydrogen (secondary N) is 1. The molecule has 1 aromatic heterocycles. The minimum Gasteiger partial charge on any atom is -0.472 e. The first-order valence-electron chi connectivity index (χ1n) is 4.83. The number of hydrogen-bond acceptors (Lipinski definition) is 2. The number of fused-ring (bicyclic) bond motifs is 1. The largest absolute Gasteiger partial charge is 0.472 e. The van der Waals surface area contributed by atoms with Crippen LogP contribution in [0.3, 0.4) is 0 Å². The van der Waals surface area contributed by atoms with E-state index in [1.807, 2.05) is 6.07 Å². The van der Waals surface area contributed by atoms with Crippen molar-refractivity contribution >= 4 is 5.69 Å². The molecule has 3 rings (SSSR count). The van der Waals surface area contributed by atoms with E-state index in [1.165, 1.54) is 16.8 Å². The molecule has 0 radical (unpaired) electrons. The first-order chi connectivity index (χ1) is 6.93. The second-order valence-corrected chi connectivity index (χ2v) is 3.56. The molecular weight excluding hydrogens is 174 g/mol. The number of hydrogen-bond donors (Lipinski definition) is 1. The smallest absolute Gasteiger partial charge is 0.0980 e. The van der Waals surface area contributed by atoms with E-state index in [-0.39, 0.29) is 0 Å². The van der Waals surface area contributed by atoms with Crippen molar-refractivity contribution in [2.24, 2.45) is 0 Å². The summed E-state index contributed by atoms with van der Waals surface area (Å²) in [5.74, 6) is 0. The van der Waals surface area contributed by atoms with Crippen molar-refractivity contribution < 1.29 is 4.42 Å². The Bertz CT molecular complexity index is 445. The topological polar surface area (TPSA) is 25.2 Å². The van der Waals surface area contributed by atoms with Gasteiger partial charge in [0.1, 0.15) is 0 Å². The standard InChI is InChI=1S/C12H11NO/c1-2-12-10(3-5-13-12)7-9(1)11-4-6-14-8-11/h1-2,4,6-8,13H,3,5H2. The van der Waals surface area contributed by atoms with Crippen molar-refractivity contribution in [1.29, 1.82) is 0 Å². The van der Waals surface area contributed by atoms with Gasteiger partial charge >= 0.3 is 0 Å². The van der Waals surface area contributed by atoms with Gasteiger partial charge in [-0.25, -0.2) is 0 Å². The van der Waals surface area contributed by atoms with E-state index in [2.05, 4.69) is 23.5 Å². The van der Waals surface area contributed by atoms with Crippen LogP contribution in [0.15, 0.2) is 41.2 Å². The average Bonchev–Trinajstić information content (AvgIpc) is 2.88. The fourth-order valence-corrected chi connectivity index (χ4v) is 1.91. The highest BCUT2D eigenvalue weighted by Crippen LogP contribution is 2.28. The van der Waals surface area contributed by atoms with E-state index in [4.69, 9.17) is 4.42 Å². The third-order valence-electron chi connectivity index (χ3n) is 2.67. The van der Waals surface area contributed by atoms with Crippen LogP contribution in [0.25, 0.3) is 11.1 Å². The molecular formula is C12H11NO. The molecule has 14 heavy (non-hydrogen) atoms. The van der Waals surface area contributed by atoms with Crippen LogP contribution < -0.4 is 5.32 Å². The van der Waals surface area contributed by atoms with Gasteiger partial charge in [-0.15, -0.1) is 0 Å². The Morgan fingerprint density at radius 2 is 2.14 bits per heavy atom. The average molecular weight is 185 g/mol. The van der Waals surface area contributed by atoms with Crippen LogP contribution in [0.4, 0.5) is 5.69 Å². The summed E-state index contributed by atoms with van der Waals surface area (Å²) in [7, 11) is 0. The molecule has 0 amide bonds. The van der Waals surface area contributed by atoms with Crippen molar-refractivity contribution in [3.8, 4) is 11.1 Å². The van der Waals surface area contributed by atoms with Crippen molar-refractivity contribution in [3.05, 3.63) is 42.4 Å². The van der Waals surface area contributed by atoms with E-state index >= 15 is 0 Å². The Labute approximate surface area is 82.6 Å². The summed E-state index contributed by atoms with van der Waals surface area (Å²) in [5, 5.41) is 3.35. The van der Waals surface area contributed by atoms with E-state index < -0.39 is 0 Å². The fraction of sp³-hybridized carbons (Fsp3) is 0.167. The SMILES string of the molecule is c1cc(-c2ccc3c(c2)CCN3)co1. The molecule has 0 saturated heterocycles. The van der Waals surface area contributed by atoms with Gasteiger partial charge in [0, 0.05) is 17.8 Å². The van der Waals surface area contributed by atoms with E-state index in [0.29, 0.717) is 0 Å². The van der Waals surface area contributed by atoms with Gasteiger partial charge in [-0.1, -0.05) is 6.07 Å². The first-order valence-corrected chi connectivity index (χ1v) is 4.83. The Hall–Kier alpha value is -1.70. The highest BCUT2D eigenvalue weighted by molar-refractivity contribution is 5.69. The van der Waals surface area contributed by atoms with Gasteiger partial charge in [-0.2, -0.15) is 0 Å². The summed E-state index contributed by atoms with van der Waals surface area (Å²) in [6, 6.07) is 8.50. The maximum atomic E-state index is 5.07. The van der Waals surface area contributed by atoms with E-state index in [9.17, 15) is 0 Å². The molecule has 0 unspecified atom stereocenters. The second kappa shape index (κ2) is 2.91. The van der Waals surface area contributed by atoms with Crippen LogP contribution >= 0.6 is 0 Å². The molecule has 2 aromatic rings. The van der Waals surface area contributed by atoms with Crippen molar-refractivity contribution in [1.82, 2.24) is 0 Å². The maximum absolute atomic E-state index is 5.07. The van der Waals surface area contributed by atoms with Crippen molar-refractivity contribution in [2.45, 2.75) is 6.42 Å². The molecule has 0 saturated carbocycles. The lowest BCUT2D eigenvalue weighted by molar-refractivity contribution is 0.568. The monoisotopic (exact) mass is 185 g/mol. The quantitative estimate of drug-likeness (QED) is 0.739. The summed E-state index contributed by atoms with van der Waals surface area (Å²) in [4.78, 5) is 0. The van der Waals surface area contributed by atoms with Crippen LogP contribution in [0.2, 0.25) is 0 Å². The molecule has 2 heteroatoms. The molecule has 1 N–H and O–H groups in total. The van der Waals surface area contributed by atoms with Crippen molar-refractivity contribution in [2.75, 3.05) is 11.9 Å². The van der Waals surface area contributed by atoms with Gasteiger partial charge in [0.2, 0.25) is 0 Å². The van der Waals surface area contributed by atoms with Crippen LogP contribution in [0.5, 0.6) is 0 Å². The molecule has 0 bridgehead atoms. The van der Waals surface area contributed by atoms with E-state index in [0.717, 1.165) is 18.5 Å². The molecule has 1 aliphatic rings. The van der Waals surface area contributed by atoms with E-state index in [1.54, 1.807) is 12.5 Å². The lowest BCUT2D eigenvalue weighted by atomic mass is 10.0. The van der Waals surface area contributed by atoms with Gasteiger partial charge in [0.15, 0.2) is 0 Å². The number of furan rings is 1. The predicted octanol–water partition coefficient (Wildman–Crippen LogP) is 2.91. The summed E-state index contributed by atoms with van der Waals surface area (Å²) in [6.07, 6.45) is 4.62. The van der Waals surface area contributed by atoms with Gasteiger partial charge in [-0.3, -0.25) is 0 Å². The molecule has 2 heterocycles. The molecule has 0 atom stereocenters. The number of anilines is 1. The highest BCUT2D eigenvalue weighted by atomic mass is 16.3. The highest BCUT2D eigenvalue weighted by Gasteiger charge is 2.10. The van der Waals surface area contributed by atoms with Crippen LogP contribution in [0, 0.1) is 0 Å². The van der Waals surface area contributed by atoms with Crippen LogP contribution in [-0.4, -0.2) is 6.54 Å². The predicted molar refractivity (Wildman–Crippen MR) is 56.3 cm³/mol. The Morgan fingerprint density at radius 3 is 3.00 bits per heavy atom.